The van der Waals surface area contributed by atoms with Crippen LogP contribution in [0.1, 0.15) is 24.0 Å². The average molecular weight is 268 g/mol. The first kappa shape index (κ1) is 13.1. The number of ether oxygens (including phenoxy) is 1. The van der Waals surface area contributed by atoms with Crippen LogP contribution in [-0.2, 0) is 13.0 Å². The molecule has 1 aromatic carbocycles. The predicted octanol–water partition coefficient (Wildman–Crippen LogP) is 2.96. The topological polar surface area (TPSA) is 34.1 Å². The van der Waals surface area contributed by atoms with Gasteiger partial charge in [0.05, 0.1) is 6.61 Å². The van der Waals surface area contributed by atoms with E-state index < -0.39 is 0 Å². The maximum atomic E-state index is 5.93. The summed E-state index contributed by atoms with van der Waals surface area (Å²) in [6.07, 6.45) is 7.19. The molecule has 0 amide bonds. The molecule has 104 valence electrons. The number of aromatic nitrogens is 1. The first-order valence-electron chi connectivity index (χ1n) is 7.25. The van der Waals surface area contributed by atoms with E-state index in [0.29, 0.717) is 6.61 Å². The maximum absolute atomic E-state index is 5.93. The number of hydrogen-bond acceptors (Lipinski definition) is 3. The molecule has 1 heterocycles. The summed E-state index contributed by atoms with van der Waals surface area (Å²) in [5.74, 6) is 0.990. The Bertz CT molecular complexity index is 538. The molecule has 1 saturated carbocycles. The molecule has 3 rings (SSSR count). The first-order valence-corrected chi connectivity index (χ1v) is 7.25. The molecular formula is C17H20N2O. The van der Waals surface area contributed by atoms with Gasteiger partial charge in [0.25, 0.3) is 0 Å². The van der Waals surface area contributed by atoms with E-state index in [9.17, 15) is 0 Å². The molecule has 0 atom stereocenters. The molecule has 20 heavy (non-hydrogen) atoms. The molecule has 1 aliphatic rings. The molecule has 0 radical (unpaired) electrons. The predicted molar refractivity (Wildman–Crippen MR) is 79.7 cm³/mol. The molecule has 1 aliphatic carbocycles. The van der Waals surface area contributed by atoms with Crippen molar-refractivity contribution in [3.63, 3.8) is 0 Å². The average Bonchev–Trinajstić information content (AvgIpc) is 3.32. The highest BCUT2D eigenvalue weighted by Crippen LogP contribution is 2.22. The quantitative estimate of drug-likeness (QED) is 0.838. The van der Waals surface area contributed by atoms with Crippen LogP contribution < -0.4 is 10.1 Å². The van der Waals surface area contributed by atoms with Gasteiger partial charge < -0.3 is 10.1 Å². The Kier molecular flexibility index (Phi) is 4.28. The Morgan fingerprint density at radius 2 is 2.05 bits per heavy atom. The lowest BCUT2D eigenvalue weighted by Crippen LogP contribution is -2.16. The van der Waals surface area contributed by atoms with Crippen LogP contribution >= 0.6 is 0 Å². The Morgan fingerprint density at radius 1 is 1.15 bits per heavy atom. The summed E-state index contributed by atoms with van der Waals surface area (Å²) in [6, 6.07) is 13.0. The minimum atomic E-state index is 0.687. The molecule has 3 nitrogen and oxygen atoms in total. The van der Waals surface area contributed by atoms with Crippen LogP contribution in [0.2, 0.25) is 0 Å². The Labute approximate surface area is 120 Å². The van der Waals surface area contributed by atoms with Gasteiger partial charge in [-0.05, 0) is 30.5 Å². The lowest BCUT2D eigenvalue weighted by molar-refractivity contribution is 0.317. The molecule has 1 N–H and O–H groups in total. The van der Waals surface area contributed by atoms with E-state index in [4.69, 9.17) is 4.74 Å². The number of benzene rings is 1. The van der Waals surface area contributed by atoms with Crippen molar-refractivity contribution in [3.8, 4) is 5.75 Å². The summed E-state index contributed by atoms with van der Waals surface area (Å²) in [7, 11) is 0. The normalized spacial score (nSPS) is 14.2. The van der Waals surface area contributed by atoms with Gasteiger partial charge in [0, 0.05) is 37.0 Å². The van der Waals surface area contributed by atoms with Crippen LogP contribution in [-0.4, -0.2) is 17.6 Å². The fraction of sp³-hybridized carbons (Fsp3) is 0.353. The highest BCUT2D eigenvalue weighted by atomic mass is 16.5. The van der Waals surface area contributed by atoms with E-state index in [-0.39, 0.29) is 0 Å². The second kappa shape index (κ2) is 6.53. The van der Waals surface area contributed by atoms with Crippen molar-refractivity contribution in [1.82, 2.24) is 10.3 Å². The van der Waals surface area contributed by atoms with Gasteiger partial charge >= 0.3 is 0 Å². The van der Waals surface area contributed by atoms with Crippen molar-refractivity contribution in [1.29, 1.82) is 0 Å². The summed E-state index contributed by atoms with van der Waals surface area (Å²) in [5.41, 5.74) is 2.45. The lowest BCUT2D eigenvalue weighted by atomic mass is 10.2. The molecule has 0 saturated heterocycles. The monoisotopic (exact) mass is 268 g/mol. The van der Waals surface area contributed by atoms with Crippen molar-refractivity contribution >= 4 is 0 Å². The Balaban J connectivity index is 1.53. The first-order chi connectivity index (χ1) is 9.92. The fourth-order valence-corrected chi connectivity index (χ4v) is 2.16. The van der Waals surface area contributed by atoms with E-state index in [2.05, 4.69) is 28.5 Å². The number of pyridine rings is 1. The molecule has 0 spiro atoms. The van der Waals surface area contributed by atoms with E-state index in [0.717, 1.165) is 24.8 Å². The summed E-state index contributed by atoms with van der Waals surface area (Å²) in [6.45, 7) is 1.58. The van der Waals surface area contributed by atoms with E-state index in [1.807, 2.05) is 24.4 Å². The van der Waals surface area contributed by atoms with Gasteiger partial charge in [-0.1, -0.05) is 24.3 Å². The maximum Gasteiger partial charge on any atom is 0.123 e. The van der Waals surface area contributed by atoms with Crippen molar-refractivity contribution < 1.29 is 4.74 Å². The van der Waals surface area contributed by atoms with Crippen LogP contribution in [0.3, 0.4) is 0 Å². The zero-order chi connectivity index (χ0) is 13.6. The third-order valence-electron chi connectivity index (χ3n) is 3.50. The van der Waals surface area contributed by atoms with Crippen molar-refractivity contribution in [2.75, 3.05) is 6.61 Å². The van der Waals surface area contributed by atoms with Gasteiger partial charge in [-0.2, -0.15) is 0 Å². The number of rotatable bonds is 7. The van der Waals surface area contributed by atoms with Crippen molar-refractivity contribution in [3.05, 3.63) is 59.9 Å². The standard InChI is InChI=1S/C17H20N2O/c1-2-6-17(15(5-1)13-19-16-7-8-16)20-11-9-14-4-3-10-18-12-14/h1-6,10,12,16,19H,7-9,11,13H2. The molecule has 2 aromatic rings. The van der Waals surface area contributed by atoms with Crippen LogP contribution in [0.15, 0.2) is 48.8 Å². The Hall–Kier alpha value is -1.87. The van der Waals surface area contributed by atoms with Crippen molar-refractivity contribution in [2.24, 2.45) is 0 Å². The SMILES string of the molecule is c1cncc(CCOc2ccccc2CNC2CC2)c1. The molecule has 1 fully saturated rings. The highest BCUT2D eigenvalue weighted by molar-refractivity contribution is 5.33. The summed E-state index contributed by atoms with van der Waals surface area (Å²) in [5, 5.41) is 3.53. The third kappa shape index (κ3) is 3.81. The smallest absolute Gasteiger partial charge is 0.123 e. The van der Waals surface area contributed by atoms with Crippen LogP contribution in [0.5, 0.6) is 5.75 Å². The molecule has 3 heteroatoms. The number of hydrogen-bond donors (Lipinski definition) is 1. The van der Waals surface area contributed by atoms with Crippen LogP contribution in [0.25, 0.3) is 0 Å². The fourth-order valence-electron chi connectivity index (χ4n) is 2.16. The molecule has 0 unspecified atom stereocenters. The number of nitrogens with zero attached hydrogens (tertiary/aromatic N) is 1. The van der Waals surface area contributed by atoms with Crippen LogP contribution in [0, 0.1) is 0 Å². The minimum Gasteiger partial charge on any atom is -0.493 e. The molecule has 1 aromatic heterocycles. The largest absolute Gasteiger partial charge is 0.493 e. The zero-order valence-electron chi connectivity index (χ0n) is 11.6. The van der Waals surface area contributed by atoms with E-state index >= 15 is 0 Å². The van der Waals surface area contributed by atoms with Gasteiger partial charge in [-0.25, -0.2) is 0 Å². The molecule has 0 bridgehead atoms. The van der Waals surface area contributed by atoms with Gasteiger partial charge in [-0.3, -0.25) is 4.98 Å². The van der Waals surface area contributed by atoms with Gasteiger partial charge in [0.1, 0.15) is 5.75 Å². The summed E-state index contributed by atoms with van der Waals surface area (Å²) in [4.78, 5) is 4.12. The molecule has 0 aliphatic heterocycles. The minimum absolute atomic E-state index is 0.687. The van der Waals surface area contributed by atoms with E-state index in [1.165, 1.54) is 24.0 Å². The zero-order valence-corrected chi connectivity index (χ0v) is 11.6. The molecular weight excluding hydrogens is 248 g/mol. The van der Waals surface area contributed by atoms with Crippen LogP contribution in [0.4, 0.5) is 0 Å². The van der Waals surface area contributed by atoms with Gasteiger partial charge in [0.15, 0.2) is 0 Å². The van der Waals surface area contributed by atoms with Gasteiger partial charge in [-0.15, -0.1) is 0 Å². The van der Waals surface area contributed by atoms with Gasteiger partial charge in [0.2, 0.25) is 0 Å². The summed E-state index contributed by atoms with van der Waals surface area (Å²) >= 11 is 0. The van der Waals surface area contributed by atoms with Crippen molar-refractivity contribution in [2.45, 2.75) is 31.8 Å². The van der Waals surface area contributed by atoms with E-state index in [1.54, 1.807) is 6.20 Å². The lowest BCUT2D eigenvalue weighted by Gasteiger charge is -2.12. The second-order valence-electron chi connectivity index (χ2n) is 5.22. The third-order valence-corrected chi connectivity index (χ3v) is 3.50. The number of para-hydroxylation sites is 1. The second-order valence-corrected chi connectivity index (χ2v) is 5.22. The number of nitrogens with one attached hydrogen (secondary N) is 1. The summed E-state index contributed by atoms with van der Waals surface area (Å²) < 4.78 is 5.93. The Morgan fingerprint density at radius 3 is 2.85 bits per heavy atom. The highest BCUT2D eigenvalue weighted by Gasteiger charge is 2.20.